The van der Waals surface area contributed by atoms with Crippen LogP contribution in [0.25, 0.3) is 4.96 Å². The van der Waals surface area contributed by atoms with E-state index in [1.54, 1.807) is 11.3 Å². The standard InChI is InChI=1S/C14H20N2O2S/c1-2-10-5-3-4-6-12(10)18-13-11(9-17)16-7-8-19-14(16)15-13/h7-8,10,12,17H,2-6,9H2,1H3. The third-order valence-electron chi connectivity index (χ3n) is 4.10. The number of thiazole rings is 1. The van der Waals surface area contributed by atoms with Gasteiger partial charge in [-0.15, -0.1) is 11.3 Å². The van der Waals surface area contributed by atoms with E-state index in [1.165, 1.54) is 19.3 Å². The Morgan fingerprint density at radius 2 is 2.32 bits per heavy atom. The van der Waals surface area contributed by atoms with E-state index in [2.05, 4.69) is 11.9 Å². The minimum Gasteiger partial charge on any atom is -0.473 e. The van der Waals surface area contributed by atoms with Gasteiger partial charge in [0.25, 0.3) is 0 Å². The maximum Gasteiger partial charge on any atom is 0.239 e. The van der Waals surface area contributed by atoms with E-state index in [0.29, 0.717) is 11.8 Å². The van der Waals surface area contributed by atoms with Gasteiger partial charge in [0.15, 0.2) is 4.96 Å². The predicted octanol–water partition coefficient (Wildman–Crippen LogP) is 3.24. The van der Waals surface area contributed by atoms with Crippen molar-refractivity contribution < 1.29 is 9.84 Å². The first-order valence-corrected chi connectivity index (χ1v) is 7.93. The summed E-state index contributed by atoms with van der Waals surface area (Å²) in [5.74, 6) is 1.25. The summed E-state index contributed by atoms with van der Waals surface area (Å²) in [6, 6.07) is 0. The first kappa shape index (κ1) is 12.9. The van der Waals surface area contributed by atoms with Crippen LogP contribution in [0.3, 0.4) is 0 Å². The van der Waals surface area contributed by atoms with Crippen molar-refractivity contribution in [2.75, 3.05) is 0 Å². The molecule has 2 aromatic heterocycles. The normalized spacial score (nSPS) is 23.9. The summed E-state index contributed by atoms with van der Waals surface area (Å²) < 4.78 is 8.06. The number of hydrogen-bond donors (Lipinski definition) is 1. The lowest BCUT2D eigenvalue weighted by atomic mass is 9.85. The number of imidazole rings is 1. The predicted molar refractivity (Wildman–Crippen MR) is 75.7 cm³/mol. The topological polar surface area (TPSA) is 46.8 Å². The van der Waals surface area contributed by atoms with Crippen LogP contribution in [0, 0.1) is 5.92 Å². The van der Waals surface area contributed by atoms with Crippen LogP contribution in [0.5, 0.6) is 5.88 Å². The number of rotatable bonds is 4. The molecule has 0 aromatic carbocycles. The Labute approximate surface area is 117 Å². The molecule has 2 aromatic rings. The van der Waals surface area contributed by atoms with Gasteiger partial charge in [-0.2, -0.15) is 4.98 Å². The second-order valence-electron chi connectivity index (χ2n) is 5.19. The fraction of sp³-hybridized carbons (Fsp3) is 0.643. The summed E-state index contributed by atoms with van der Waals surface area (Å²) in [7, 11) is 0. The van der Waals surface area contributed by atoms with Gasteiger partial charge >= 0.3 is 0 Å². The van der Waals surface area contributed by atoms with Crippen molar-refractivity contribution >= 4 is 16.3 Å². The van der Waals surface area contributed by atoms with Crippen LogP contribution in [0.1, 0.15) is 44.7 Å². The molecule has 1 aliphatic carbocycles. The second-order valence-corrected chi connectivity index (χ2v) is 6.06. The largest absolute Gasteiger partial charge is 0.473 e. The van der Waals surface area contributed by atoms with Crippen molar-refractivity contribution in [2.24, 2.45) is 5.92 Å². The number of fused-ring (bicyclic) bond motifs is 1. The summed E-state index contributed by atoms with van der Waals surface area (Å²) in [6.07, 6.45) is 8.24. The molecule has 5 heteroatoms. The van der Waals surface area contributed by atoms with E-state index in [9.17, 15) is 5.11 Å². The van der Waals surface area contributed by atoms with Crippen LogP contribution < -0.4 is 4.74 Å². The molecule has 0 radical (unpaired) electrons. The summed E-state index contributed by atoms with van der Waals surface area (Å²) >= 11 is 1.57. The number of aliphatic hydroxyl groups is 1. The molecule has 0 amide bonds. The molecular formula is C14H20N2O2S. The van der Waals surface area contributed by atoms with Gasteiger partial charge < -0.3 is 9.84 Å². The molecule has 1 saturated carbocycles. The molecule has 0 spiro atoms. The summed E-state index contributed by atoms with van der Waals surface area (Å²) in [4.78, 5) is 5.40. The zero-order valence-electron chi connectivity index (χ0n) is 11.2. The molecule has 1 aliphatic rings. The summed E-state index contributed by atoms with van der Waals surface area (Å²) in [5.41, 5.74) is 0.775. The number of nitrogens with zero attached hydrogens (tertiary/aromatic N) is 2. The lowest BCUT2D eigenvalue weighted by molar-refractivity contribution is 0.0835. The van der Waals surface area contributed by atoms with Crippen molar-refractivity contribution in [3.8, 4) is 5.88 Å². The maximum atomic E-state index is 9.54. The average Bonchev–Trinajstić information content (AvgIpc) is 2.99. The lowest BCUT2D eigenvalue weighted by Crippen LogP contribution is -2.30. The van der Waals surface area contributed by atoms with E-state index in [-0.39, 0.29) is 12.7 Å². The van der Waals surface area contributed by atoms with Gasteiger partial charge in [-0.3, -0.25) is 4.40 Å². The van der Waals surface area contributed by atoms with Crippen LogP contribution in [-0.2, 0) is 6.61 Å². The quantitative estimate of drug-likeness (QED) is 0.935. The molecule has 0 bridgehead atoms. The smallest absolute Gasteiger partial charge is 0.239 e. The van der Waals surface area contributed by atoms with Gasteiger partial charge in [-0.1, -0.05) is 13.3 Å². The average molecular weight is 280 g/mol. The van der Waals surface area contributed by atoms with Crippen LogP contribution in [0.15, 0.2) is 11.6 Å². The lowest BCUT2D eigenvalue weighted by Gasteiger charge is -2.30. The molecule has 2 heterocycles. The zero-order valence-corrected chi connectivity index (χ0v) is 12.0. The Morgan fingerprint density at radius 3 is 3.11 bits per heavy atom. The van der Waals surface area contributed by atoms with Gasteiger partial charge in [0, 0.05) is 11.6 Å². The monoisotopic (exact) mass is 280 g/mol. The van der Waals surface area contributed by atoms with E-state index in [0.717, 1.165) is 23.5 Å². The van der Waals surface area contributed by atoms with Gasteiger partial charge in [0.2, 0.25) is 5.88 Å². The zero-order chi connectivity index (χ0) is 13.2. The van der Waals surface area contributed by atoms with Crippen molar-refractivity contribution in [3.05, 3.63) is 17.3 Å². The van der Waals surface area contributed by atoms with Gasteiger partial charge in [-0.05, 0) is 31.6 Å². The molecule has 4 nitrogen and oxygen atoms in total. The highest BCUT2D eigenvalue weighted by Crippen LogP contribution is 2.32. The van der Waals surface area contributed by atoms with Crippen molar-refractivity contribution in [3.63, 3.8) is 0 Å². The Hall–Kier alpha value is -1.07. The minimum absolute atomic E-state index is 0.0310. The van der Waals surface area contributed by atoms with Crippen LogP contribution >= 0.6 is 11.3 Å². The molecule has 1 N–H and O–H groups in total. The Bertz CT molecular complexity index is 549. The fourth-order valence-electron chi connectivity index (χ4n) is 2.99. The van der Waals surface area contributed by atoms with Crippen molar-refractivity contribution in [1.82, 2.24) is 9.38 Å². The van der Waals surface area contributed by atoms with Crippen LogP contribution in [0.4, 0.5) is 0 Å². The van der Waals surface area contributed by atoms with E-state index < -0.39 is 0 Å². The number of aliphatic hydroxyl groups excluding tert-OH is 1. The molecular weight excluding hydrogens is 260 g/mol. The Balaban J connectivity index is 1.85. The summed E-state index contributed by atoms with van der Waals surface area (Å²) in [5, 5.41) is 11.5. The first-order chi connectivity index (χ1) is 9.33. The van der Waals surface area contributed by atoms with Crippen molar-refractivity contribution in [1.29, 1.82) is 0 Å². The van der Waals surface area contributed by atoms with Crippen LogP contribution in [0.2, 0.25) is 0 Å². The number of aromatic nitrogens is 2. The van der Waals surface area contributed by atoms with E-state index in [1.807, 2.05) is 16.0 Å². The second kappa shape index (κ2) is 5.51. The van der Waals surface area contributed by atoms with E-state index in [4.69, 9.17) is 4.74 Å². The number of hydrogen-bond acceptors (Lipinski definition) is 4. The molecule has 19 heavy (non-hydrogen) atoms. The molecule has 2 unspecified atom stereocenters. The first-order valence-electron chi connectivity index (χ1n) is 7.05. The van der Waals surface area contributed by atoms with Gasteiger partial charge in [0.1, 0.15) is 11.8 Å². The molecule has 1 fully saturated rings. The van der Waals surface area contributed by atoms with Crippen LogP contribution in [-0.4, -0.2) is 20.6 Å². The molecule has 3 rings (SSSR count). The molecule has 104 valence electrons. The SMILES string of the molecule is CCC1CCCCC1Oc1nc2sccn2c1CO. The third kappa shape index (κ3) is 2.37. The summed E-state index contributed by atoms with van der Waals surface area (Å²) in [6.45, 7) is 2.20. The maximum absolute atomic E-state index is 9.54. The highest BCUT2D eigenvalue weighted by Gasteiger charge is 2.27. The molecule has 0 saturated heterocycles. The third-order valence-corrected chi connectivity index (χ3v) is 4.86. The fourth-order valence-corrected chi connectivity index (χ4v) is 3.71. The molecule has 2 atom stereocenters. The minimum atomic E-state index is -0.0310. The highest BCUT2D eigenvalue weighted by atomic mass is 32.1. The van der Waals surface area contributed by atoms with Crippen molar-refractivity contribution in [2.45, 2.75) is 51.7 Å². The highest BCUT2D eigenvalue weighted by molar-refractivity contribution is 7.15. The van der Waals surface area contributed by atoms with E-state index >= 15 is 0 Å². The number of ether oxygens (including phenoxy) is 1. The Morgan fingerprint density at radius 1 is 1.47 bits per heavy atom. The van der Waals surface area contributed by atoms with Gasteiger partial charge in [-0.25, -0.2) is 0 Å². The Kier molecular flexibility index (Phi) is 3.75. The molecule has 0 aliphatic heterocycles. The van der Waals surface area contributed by atoms with Gasteiger partial charge in [0.05, 0.1) is 6.61 Å².